The molecule has 0 amide bonds. The Balaban J connectivity index is 2.34. The maximum atomic E-state index is 11.8. The van der Waals surface area contributed by atoms with Gasteiger partial charge in [-0.05, 0) is 30.7 Å². The second kappa shape index (κ2) is 7.52. The minimum atomic E-state index is -0.415. The van der Waals surface area contributed by atoms with E-state index in [9.17, 15) is 4.79 Å². The lowest BCUT2D eigenvalue weighted by molar-refractivity contribution is -0.137. The number of hydrogen-bond acceptors (Lipinski definition) is 4. The number of nitrogen functional groups attached to an aromatic ring is 1. The number of hydrogen-bond donors (Lipinski definition) is 2. The van der Waals surface area contributed by atoms with Crippen molar-refractivity contribution < 1.29 is 9.53 Å². The van der Waals surface area contributed by atoms with E-state index in [-0.39, 0.29) is 0 Å². The first-order valence-corrected chi connectivity index (χ1v) is 7.24. The van der Waals surface area contributed by atoms with Crippen LogP contribution in [0.4, 0.5) is 11.4 Å². The van der Waals surface area contributed by atoms with Gasteiger partial charge in [0.25, 0.3) is 0 Å². The van der Waals surface area contributed by atoms with Crippen LogP contribution in [0.3, 0.4) is 0 Å². The van der Waals surface area contributed by atoms with E-state index in [0.29, 0.717) is 28.7 Å². The second-order valence-electron chi connectivity index (χ2n) is 4.53. The molecule has 0 atom stereocenters. The first-order valence-electron chi connectivity index (χ1n) is 6.86. The van der Waals surface area contributed by atoms with Crippen LogP contribution in [0.25, 0.3) is 5.70 Å². The molecule has 2 aromatic carbocycles. The Hall–Kier alpha value is -2.46. The number of esters is 1. The number of carbonyl (C=O) groups excluding carboxylic acids is 1. The smallest absolute Gasteiger partial charge is 0.332 e. The first-order chi connectivity index (χ1) is 10.6. The van der Waals surface area contributed by atoms with E-state index in [1.807, 2.05) is 30.3 Å². The number of nitrogens with one attached hydrogen (secondary N) is 1. The lowest BCUT2D eigenvalue weighted by Gasteiger charge is -2.13. The number of carbonyl (C=O) groups is 1. The van der Waals surface area contributed by atoms with Gasteiger partial charge in [-0.1, -0.05) is 41.9 Å². The van der Waals surface area contributed by atoms with Crippen LogP contribution in [0.1, 0.15) is 12.5 Å². The molecule has 4 nitrogen and oxygen atoms in total. The molecule has 0 aliphatic carbocycles. The van der Waals surface area contributed by atoms with Gasteiger partial charge in [0.2, 0.25) is 0 Å². The summed E-state index contributed by atoms with van der Waals surface area (Å²) in [4.78, 5) is 11.8. The van der Waals surface area contributed by atoms with Crippen LogP contribution in [0, 0.1) is 0 Å². The van der Waals surface area contributed by atoms with E-state index >= 15 is 0 Å². The number of anilines is 2. The molecule has 0 saturated heterocycles. The molecular weight excluding hydrogens is 300 g/mol. The fourth-order valence-electron chi connectivity index (χ4n) is 1.90. The predicted molar refractivity (Wildman–Crippen MR) is 90.5 cm³/mol. The molecule has 0 spiro atoms. The maximum Gasteiger partial charge on any atom is 0.332 e. The predicted octanol–water partition coefficient (Wildman–Crippen LogP) is 3.94. The van der Waals surface area contributed by atoms with Crippen LogP contribution in [-0.2, 0) is 9.53 Å². The molecule has 2 rings (SSSR count). The van der Waals surface area contributed by atoms with E-state index in [1.54, 1.807) is 25.1 Å². The van der Waals surface area contributed by atoms with Crippen molar-refractivity contribution in [2.45, 2.75) is 6.92 Å². The average molecular weight is 317 g/mol. The molecule has 0 unspecified atom stereocenters. The summed E-state index contributed by atoms with van der Waals surface area (Å²) < 4.78 is 4.97. The molecule has 0 heterocycles. The molecular formula is C17H17ClN2O2. The Morgan fingerprint density at radius 1 is 1.27 bits per heavy atom. The van der Waals surface area contributed by atoms with Crippen LogP contribution in [0.5, 0.6) is 0 Å². The molecule has 2 aromatic rings. The van der Waals surface area contributed by atoms with Gasteiger partial charge < -0.3 is 15.8 Å². The first kappa shape index (κ1) is 15.9. The number of nitrogens with two attached hydrogens (primary N) is 1. The van der Waals surface area contributed by atoms with Crippen molar-refractivity contribution in [3.05, 3.63) is 65.2 Å². The summed E-state index contributed by atoms with van der Waals surface area (Å²) in [5.41, 5.74) is 8.57. The monoisotopic (exact) mass is 316 g/mol. The molecule has 0 aromatic heterocycles. The largest absolute Gasteiger partial charge is 0.463 e. The normalized spacial score (nSPS) is 11.1. The number of benzene rings is 2. The molecule has 0 aliphatic heterocycles. The minimum absolute atomic E-state index is 0.320. The highest BCUT2D eigenvalue weighted by molar-refractivity contribution is 6.31. The van der Waals surface area contributed by atoms with E-state index in [2.05, 4.69) is 5.32 Å². The van der Waals surface area contributed by atoms with Crippen LogP contribution >= 0.6 is 11.6 Å². The molecule has 0 saturated carbocycles. The Morgan fingerprint density at radius 2 is 2.00 bits per heavy atom. The van der Waals surface area contributed by atoms with E-state index < -0.39 is 5.97 Å². The Kier molecular flexibility index (Phi) is 5.44. The Labute approximate surface area is 134 Å². The lowest BCUT2D eigenvalue weighted by Crippen LogP contribution is -2.07. The third-order valence-electron chi connectivity index (χ3n) is 2.92. The molecule has 0 radical (unpaired) electrons. The SMILES string of the molecule is CCOC(=O)/C=C(/Nc1ccc(Cl)cc1N)c1ccccc1. The third-order valence-corrected chi connectivity index (χ3v) is 3.15. The molecule has 5 heteroatoms. The van der Waals surface area contributed by atoms with Crippen molar-refractivity contribution in [1.82, 2.24) is 0 Å². The van der Waals surface area contributed by atoms with Gasteiger partial charge in [-0.25, -0.2) is 4.79 Å². The zero-order valence-electron chi connectivity index (χ0n) is 12.2. The summed E-state index contributed by atoms with van der Waals surface area (Å²) in [6.07, 6.45) is 1.41. The van der Waals surface area contributed by atoms with Crippen LogP contribution in [0.15, 0.2) is 54.6 Å². The van der Waals surface area contributed by atoms with Crippen molar-refractivity contribution >= 4 is 34.6 Å². The summed E-state index contributed by atoms with van der Waals surface area (Å²) in [5, 5.41) is 3.71. The molecule has 0 bridgehead atoms. The zero-order valence-corrected chi connectivity index (χ0v) is 12.9. The summed E-state index contributed by atoms with van der Waals surface area (Å²) in [5.74, 6) is -0.415. The van der Waals surface area contributed by atoms with E-state index in [0.717, 1.165) is 5.56 Å². The van der Waals surface area contributed by atoms with Crippen molar-refractivity contribution in [1.29, 1.82) is 0 Å². The second-order valence-corrected chi connectivity index (χ2v) is 4.97. The maximum absolute atomic E-state index is 11.8. The van der Waals surface area contributed by atoms with E-state index in [4.69, 9.17) is 22.1 Å². The van der Waals surface area contributed by atoms with Crippen molar-refractivity contribution in [2.75, 3.05) is 17.7 Å². The number of halogens is 1. The fourth-order valence-corrected chi connectivity index (χ4v) is 2.08. The summed E-state index contributed by atoms with van der Waals surface area (Å²) in [6, 6.07) is 14.6. The van der Waals surface area contributed by atoms with Gasteiger partial charge in [0, 0.05) is 11.1 Å². The van der Waals surface area contributed by atoms with Crippen LogP contribution in [-0.4, -0.2) is 12.6 Å². The van der Waals surface area contributed by atoms with Crippen LogP contribution < -0.4 is 11.1 Å². The topological polar surface area (TPSA) is 64.3 Å². The number of ether oxygens (including phenoxy) is 1. The molecule has 22 heavy (non-hydrogen) atoms. The van der Waals surface area contributed by atoms with Crippen molar-refractivity contribution in [3.63, 3.8) is 0 Å². The highest BCUT2D eigenvalue weighted by Gasteiger charge is 2.08. The molecule has 0 aliphatic rings. The minimum Gasteiger partial charge on any atom is -0.463 e. The highest BCUT2D eigenvalue weighted by atomic mass is 35.5. The standard InChI is InChI=1S/C17H17ClN2O2/c1-2-22-17(21)11-16(12-6-4-3-5-7-12)20-15-9-8-13(18)10-14(15)19/h3-11,20H,2,19H2,1H3/b16-11+. The summed E-state index contributed by atoms with van der Waals surface area (Å²) >= 11 is 5.90. The zero-order chi connectivity index (χ0) is 15.9. The molecule has 0 fully saturated rings. The van der Waals surface area contributed by atoms with E-state index in [1.165, 1.54) is 6.08 Å². The molecule has 3 N–H and O–H groups in total. The van der Waals surface area contributed by atoms with Crippen molar-refractivity contribution in [3.8, 4) is 0 Å². The summed E-state index contributed by atoms with van der Waals surface area (Å²) in [7, 11) is 0. The third kappa shape index (κ3) is 4.27. The van der Waals surface area contributed by atoms with Gasteiger partial charge in [0.05, 0.1) is 23.7 Å². The van der Waals surface area contributed by atoms with Crippen molar-refractivity contribution in [2.24, 2.45) is 0 Å². The van der Waals surface area contributed by atoms with Gasteiger partial charge in [-0.3, -0.25) is 0 Å². The summed E-state index contributed by atoms with van der Waals surface area (Å²) in [6.45, 7) is 2.08. The van der Waals surface area contributed by atoms with Gasteiger partial charge in [-0.15, -0.1) is 0 Å². The van der Waals surface area contributed by atoms with Gasteiger partial charge in [-0.2, -0.15) is 0 Å². The Bertz CT molecular complexity index is 684. The van der Waals surface area contributed by atoms with Crippen LogP contribution in [0.2, 0.25) is 5.02 Å². The lowest BCUT2D eigenvalue weighted by atomic mass is 10.1. The Morgan fingerprint density at radius 3 is 2.64 bits per heavy atom. The molecule has 114 valence electrons. The highest BCUT2D eigenvalue weighted by Crippen LogP contribution is 2.26. The number of rotatable bonds is 5. The quantitative estimate of drug-likeness (QED) is 0.498. The fraction of sp³-hybridized carbons (Fsp3) is 0.118. The van der Waals surface area contributed by atoms with Gasteiger partial charge in [0.15, 0.2) is 0 Å². The van der Waals surface area contributed by atoms with Gasteiger partial charge >= 0.3 is 5.97 Å². The average Bonchev–Trinajstić information content (AvgIpc) is 2.50. The van der Waals surface area contributed by atoms with Gasteiger partial charge in [0.1, 0.15) is 0 Å².